The Balaban J connectivity index is 1.55. The predicted octanol–water partition coefficient (Wildman–Crippen LogP) is 4.70. The zero-order chi connectivity index (χ0) is 23.1. The van der Waals surface area contributed by atoms with Crippen molar-refractivity contribution in [2.45, 2.75) is 18.3 Å². The summed E-state index contributed by atoms with van der Waals surface area (Å²) in [4.78, 5) is 41.3. The first-order valence-corrected chi connectivity index (χ1v) is 11.2. The van der Waals surface area contributed by atoms with Gasteiger partial charge in [-0.2, -0.15) is 0 Å². The number of carbonyl (C=O) groups excluding carboxylic acids is 3. The molecule has 3 aromatic rings. The van der Waals surface area contributed by atoms with Crippen LogP contribution >= 0.6 is 11.6 Å². The van der Waals surface area contributed by atoms with Crippen molar-refractivity contribution in [3.05, 3.63) is 99.6 Å². The number of rotatable bonds is 2. The maximum atomic E-state index is 14.0. The number of esters is 1. The van der Waals surface area contributed by atoms with Crippen molar-refractivity contribution in [3.63, 3.8) is 0 Å². The molecule has 1 saturated heterocycles. The number of carbonyl (C=O) groups is 3. The van der Waals surface area contributed by atoms with E-state index in [1.54, 1.807) is 6.07 Å². The molecular formula is C27H20ClNO4. The van der Waals surface area contributed by atoms with E-state index in [1.807, 2.05) is 24.3 Å². The molecule has 1 aliphatic heterocycles. The van der Waals surface area contributed by atoms with Crippen LogP contribution in [0.1, 0.15) is 45.5 Å². The van der Waals surface area contributed by atoms with Crippen LogP contribution in [0.3, 0.4) is 0 Å². The Morgan fingerprint density at radius 2 is 1.55 bits per heavy atom. The third kappa shape index (κ3) is 2.40. The molecule has 7 rings (SSSR count). The van der Waals surface area contributed by atoms with E-state index in [9.17, 15) is 14.4 Å². The Morgan fingerprint density at radius 3 is 2.15 bits per heavy atom. The number of nitrogens with zero attached hydrogens (tertiary/aromatic N) is 1. The van der Waals surface area contributed by atoms with Crippen LogP contribution in [-0.2, 0) is 19.7 Å². The van der Waals surface area contributed by atoms with E-state index >= 15 is 0 Å². The van der Waals surface area contributed by atoms with Crippen molar-refractivity contribution >= 4 is 35.1 Å². The minimum Gasteiger partial charge on any atom is -0.465 e. The van der Waals surface area contributed by atoms with Gasteiger partial charge in [0.1, 0.15) is 0 Å². The summed E-state index contributed by atoms with van der Waals surface area (Å²) in [6, 6.07) is 20.8. The summed E-state index contributed by atoms with van der Waals surface area (Å²) >= 11 is 6.18. The molecule has 1 fully saturated rings. The van der Waals surface area contributed by atoms with Crippen LogP contribution in [0.2, 0.25) is 5.02 Å². The van der Waals surface area contributed by atoms with Crippen LogP contribution in [0.5, 0.6) is 0 Å². The van der Waals surface area contributed by atoms with Crippen molar-refractivity contribution in [1.82, 2.24) is 0 Å². The van der Waals surface area contributed by atoms with Crippen LogP contribution < -0.4 is 4.90 Å². The summed E-state index contributed by atoms with van der Waals surface area (Å²) < 4.78 is 4.82. The van der Waals surface area contributed by atoms with E-state index in [0.29, 0.717) is 5.69 Å². The summed E-state index contributed by atoms with van der Waals surface area (Å²) in [5.41, 5.74) is 4.23. The molecule has 0 saturated carbocycles. The summed E-state index contributed by atoms with van der Waals surface area (Å²) in [7, 11) is 1.26. The fourth-order valence-electron chi connectivity index (χ4n) is 6.32. The molecule has 5 nitrogen and oxygen atoms in total. The van der Waals surface area contributed by atoms with Crippen LogP contribution in [-0.4, -0.2) is 24.9 Å². The number of amides is 2. The quantitative estimate of drug-likeness (QED) is 0.413. The molecule has 2 amide bonds. The molecule has 1 heterocycles. The minimum absolute atomic E-state index is 0.118. The summed E-state index contributed by atoms with van der Waals surface area (Å²) in [5.74, 6) is -2.35. The molecule has 0 N–H and O–H groups in total. The van der Waals surface area contributed by atoms with Crippen LogP contribution in [0, 0.1) is 11.8 Å². The number of methoxy groups -OCH3 is 1. The van der Waals surface area contributed by atoms with E-state index < -0.39 is 23.2 Å². The van der Waals surface area contributed by atoms with E-state index in [-0.39, 0.29) is 28.3 Å². The highest BCUT2D eigenvalue weighted by molar-refractivity contribution is 6.34. The highest BCUT2D eigenvalue weighted by atomic mass is 35.5. The molecule has 164 valence electrons. The maximum Gasteiger partial charge on any atom is 0.339 e. The normalized spacial score (nSPS) is 26.6. The first-order chi connectivity index (χ1) is 15.9. The summed E-state index contributed by atoms with van der Waals surface area (Å²) in [6.07, 6.45) is 0. The lowest BCUT2D eigenvalue weighted by Gasteiger charge is -2.52. The van der Waals surface area contributed by atoms with Crippen molar-refractivity contribution in [1.29, 1.82) is 0 Å². The van der Waals surface area contributed by atoms with E-state index in [0.717, 1.165) is 22.3 Å². The van der Waals surface area contributed by atoms with Gasteiger partial charge in [-0.1, -0.05) is 67.1 Å². The number of benzene rings is 3. The fraction of sp³-hybridized carbons (Fsp3) is 0.222. The highest BCUT2D eigenvalue weighted by Gasteiger charge is 2.66. The standard InChI is InChI=1S/C27H20ClNO4/c1-27-18-9-5-3-7-15(18)21(16-8-4-6-10-19(16)27)22-23(27)25(31)29(24(22)30)14-11-12-20(28)17(13-14)26(32)33-2/h3-13,21-23H,1-2H3/t21?,22-,23+,27?/m1/s1. The van der Waals surface area contributed by atoms with Gasteiger partial charge in [-0.3, -0.25) is 9.59 Å². The molecule has 0 radical (unpaired) electrons. The van der Waals surface area contributed by atoms with Crippen molar-refractivity contribution < 1.29 is 19.1 Å². The van der Waals surface area contributed by atoms with Gasteiger partial charge in [-0.25, -0.2) is 9.69 Å². The topological polar surface area (TPSA) is 63.7 Å². The number of hydrogen-bond donors (Lipinski definition) is 0. The van der Waals surface area contributed by atoms with Crippen LogP contribution in [0.4, 0.5) is 5.69 Å². The number of anilines is 1. The molecule has 2 atom stereocenters. The predicted molar refractivity (Wildman–Crippen MR) is 123 cm³/mol. The monoisotopic (exact) mass is 457 g/mol. The smallest absolute Gasteiger partial charge is 0.339 e. The first kappa shape index (κ1) is 20.2. The van der Waals surface area contributed by atoms with Gasteiger partial charge in [0, 0.05) is 11.3 Å². The zero-order valence-corrected chi connectivity index (χ0v) is 18.8. The third-order valence-electron chi connectivity index (χ3n) is 7.66. The number of halogens is 1. The molecule has 6 heteroatoms. The Labute approximate surface area is 195 Å². The SMILES string of the molecule is COC(=O)c1cc(N2C(=O)[C@@H]3C4c5ccccc5C(C)(c5ccccc54)[C@@H]3C2=O)ccc1Cl. The second-order valence-corrected chi connectivity index (χ2v) is 9.43. The molecule has 3 aromatic carbocycles. The largest absolute Gasteiger partial charge is 0.465 e. The van der Waals surface area contributed by atoms with Crippen molar-refractivity contribution in [3.8, 4) is 0 Å². The lowest BCUT2D eigenvalue weighted by atomic mass is 9.48. The molecule has 0 spiro atoms. The first-order valence-electron chi connectivity index (χ1n) is 10.8. The average Bonchev–Trinajstić information content (AvgIpc) is 3.11. The van der Waals surface area contributed by atoms with E-state index in [2.05, 4.69) is 31.2 Å². The van der Waals surface area contributed by atoms with Crippen LogP contribution in [0.25, 0.3) is 0 Å². The van der Waals surface area contributed by atoms with Crippen LogP contribution in [0.15, 0.2) is 66.7 Å². The van der Waals surface area contributed by atoms with Gasteiger partial charge >= 0.3 is 5.97 Å². The maximum absolute atomic E-state index is 14.0. The second-order valence-electron chi connectivity index (χ2n) is 9.03. The molecule has 0 aromatic heterocycles. The van der Waals surface area contributed by atoms with Crippen molar-refractivity contribution in [2.75, 3.05) is 12.0 Å². The number of ether oxygens (including phenoxy) is 1. The summed E-state index contributed by atoms with van der Waals surface area (Å²) in [6.45, 7) is 2.08. The highest BCUT2D eigenvalue weighted by Crippen LogP contribution is 2.64. The molecular weight excluding hydrogens is 438 g/mol. The van der Waals surface area contributed by atoms with E-state index in [4.69, 9.17) is 16.3 Å². The second kappa shape index (κ2) is 6.78. The van der Waals surface area contributed by atoms with Gasteiger partial charge in [-0.15, -0.1) is 0 Å². The van der Waals surface area contributed by atoms with E-state index in [1.165, 1.54) is 24.1 Å². The van der Waals surface area contributed by atoms with Gasteiger partial charge in [0.2, 0.25) is 11.8 Å². The van der Waals surface area contributed by atoms with Crippen molar-refractivity contribution in [2.24, 2.45) is 11.8 Å². The zero-order valence-electron chi connectivity index (χ0n) is 18.0. The lowest BCUT2D eigenvalue weighted by molar-refractivity contribution is -0.123. The van der Waals surface area contributed by atoms with Gasteiger partial charge < -0.3 is 4.74 Å². The van der Waals surface area contributed by atoms with Gasteiger partial charge in [0.25, 0.3) is 0 Å². The van der Waals surface area contributed by atoms with Gasteiger partial charge in [0.05, 0.1) is 35.2 Å². The molecule has 3 aliphatic carbocycles. The Hall–Kier alpha value is -3.44. The minimum atomic E-state index is -0.633. The average molecular weight is 458 g/mol. The third-order valence-corrected chi connectivity index (χ3v) is 7.99. The Morgan fingerprint density at radius 1 is 0.939 bits per heavy atom. The Kier molecular flexibility index (Phi) is 4.15. The Bertz CT molecular complexity index is 1330. The summed E-state index contributed by atoms with van der Waals surface area (Å²) in [5, 5.41) is 0.203. The number of imide groups is 1. The molecule has 0 unspecified atom stereocenters. The fourth-order valence-corrected chi connectivity index (χ4v) is 6.52. The number of hydrogen-bond acceptors (Lipinski definition) is 4. The molecule has 33 heavy (non-hydrogen) atoms. The van der Waals surface area contributed by atoms with Gasteiger partial charge in [-0.05, 0) is 40.5 Å². The lowest BCUT2D eigenvalue weighted by Crippen LogP contribution is -2.51. The molecule has 2 bridgehead atoms. The van der Waals surface area contributed by atoms with Gasteiger partial charge in [0.15, 0.2) is 0 Å². The molecule has 4 aliphatic rings.